The number of nitrogen functional groups attached to an aromatic ring is 2. The number of hydrogen-bond donors (Lipinski definition) is 6. The van der Waals surface area contributed by atoms with Gasteiger partial charge in [-0.05, 0) is 23.6 Å². The number of terminal acetylenes is 1. The Morgan fingerprint density at radius 3 is 2.64 bits per heavy atom. The summed E-state index contributed by atoms with van der Waals surface area (Å²) in [7, 11) is 0. The number of nitrogens with two attached hydrogens (primary N) is 2. The monoisotopic (exact) mass is 732 g/mol. The van der Waals surface area contributed by atoms with Crippen molar-refractivity contribution in [2.24, 2.45) is 0 Å². The minimum atomic E-state index is -4.60. The van der Waals surface area contributed by atoms with Crippen molar-refractivity contribution in [3.8, 4) is 12.3 Å². The zero-order valence-electron chi connectivity index (χ0n) is 23.4. The number of H-pyrrole nitrogens is 1. The summed E-state index contributed by atoms with van der Waals surface area (Å²) in [5.41, 5.74) is 6.20. The number of nitrogens with one attached hydrogen (secondary N) is 1. The second-order valence-corrected chi connectivity index (χ2v) is 16.1. The van der Waals surface area contributed by atoms with E-state index in [1.54, 1.807) is 0 Å². The number of imidazole rings is 2. The Morgan fingerprint density at radius 1 is 1.11 bits per heavy atom. The Hall–Kier alpha value is -3.07. The first-order chi connectivity index (χ1) is 22.2. The Balaban J connectivity index is 1.31. The van der Waals surface area contributed by atoms with Gasteiger partial charge in [0.1, 0.15) is 30.2 Å². The standard InChI is InChI=1S/C22H23FN10O10P2S2/c1-2-21-4-40-45(37,47)43-22(33-8-29-11-17(33)30-20(25)31-18(11)35)5-38-9(13(22)23)3-39-44(36,46)42-14(21)12(34)19(41-21)32-7-28-10-15(24)26-6-27-16(10)32/h1,6-9,12-14,19,34H,3-5H2,(H,36,46)(H,37,47)(H2,24,26,27)(H3,25,30,31,35)/t9-,12-,13+,14+,19-,21-,22+,44?,45?/m1/s1. The molecule has 4 aromatic heterocycles. The Bertz CT molecular complexity index is 2110. The highest BCUT2D eigenvalue weighted by molar-refractivity contribution is 8.07. The normalized spacial score (nSPS) is 38.0. The van der Waals surface area contributed by atoms with Crippen molar-refractivity contribution in [1.29, 1.82) is 0 Å². The summed E-state index contributed by atoms with van der Waals surface area (Å²) in [5.74, 6) is 2.04. The molecule has 0 aromatic carbocycles. The van der Waals surface area contributed by atoms with Gasteiger partial charge in [-0.3, -0.25) is 28.0 Å². The highest BCUT2D eigenvalue weighted by Gasteiger charge is 2.61. The molecule has 7 rings (SSSR count). The molecule has 3 aliphatic rings. The van der Waals surface area contributed by atoms with Gasteiger partial charge >= 0.3 is 13.4 Å². The number of hydrogen-bond acceptors (Lipinski definition) is 17. The molecule has 0 spiro atoms. The molecule has 47 heavy (non-hydrogen) atoms. The predicted octanol–water partition coefficient (Wildman–Crippen LogP) is -1.34. The number of anilines is 2. The molecule has 9 atom stereocenters. The zero-order chi connectivity index (χ0) is 33.5. The van der Waals surface area contributed by atoms with Crippen molar-refractivity contribution in [3.05, 3.63) is 29.3 Å². The van der Waals surface area contributed by atoms with Crippen LogP contribution in [-0.2, 0) is 56.9 Å². The summed E-state index contributed by atoms with van der Waals surface area (Å²) >= 11 is 10.5. The van der Waals surface area contributed by atoms with E-state index < -0.39 is 80.9 Å². The molecule has 0 aliphatic carbocycles. The van der Waals surface area contributed by atoms with Crippen LogP contribution in [0.5, 0.6) is 0 Å². The topological polar surface area (TPSA) is 275 Å². The van der Waals surface area contributed by atoms with E-state index in [9.17, 15) is 19.7 Å². The minimum absolute atomic E-state index is 0.0394. The van der Waals surface area contributed by atoms with Crippen LogP contribution in [0, 0.1) is 12.3 Å². The molecular weight excluding hydrogens is 709 g/mol. The molecular formula is C22H23FN10O10P2S2. The zero-order valence-corrected chi connectivity index (χ0v) is 26.8. The number of halogens is 1. The van der Waals surface area contributed by atoms with Crippen molar-refractivity contribution in [3.63, 3.8) is 0 Å². The average molecular weight is 733 g/mol. The summed E-state index contributed by atoms with van der Waals surface area (Å²) in [5, 5.41) is 11.5. The Morgan fingerprint density at radius 2 is 1.87 bits per heavy atom. The van der Waals surface area contributed by atoms with E-state index in [0.29, 0.717) is 0 Å². The number of aliphatic hydroxyl groups excluding tert-OH is 1. The molecule has 2 unspecified atom stereocenters. The van der Waals surface area contributed by atoms with Crippen LogP contribution in [0.25, 0.3) is 22.3 Å². The highest BCUT2D eigenvalue weighted by atomic mass is 32.5. The van der Waals surface area contributed by atoms with Crippen LogP contribution < -0.4 is 17.0 Å². The number of rotatable bonds is 2. The van der Waals surface area contributed by atoms with Crippen LogP contribution in [0.3, 0.4) is 0 Å². The lowest BCUT2D eigenvalue weighted by Crippen LogP contribution is -2.47. The fraction of sp³-hybridized carbons (Fsp3) is 0.455. The third-order valence-corrected chi connectivity index (χ3v) is 10.8. The first kappa shape index (κ1) is 32.5. The molecule has 3 fully saturated rings. The van der Waals surface area contributed by atoms with Gasteiger partial charge in [0, 0.05) is 0 Å². The number of fused-ring (bicyclic) bond motifs is 5. The van der Waals surface area contributed by atoms with Gasteiger partial charge in [-0.1, -0.05) is 5.92 Å². The second kappa shape index (κ2) is 11.2. The van der Waals surface area contributed by atoms with E-state index in [1.807, 2.05) is 0 Å². The summed E-state index contributed by atoms with van der Waals surface area (Å²) in [6, 6.07) is 0. The summed E-state index contributed by atoms with van der Waals surface area (Å²) in [6.45, 7) is -11.2. The van der Waals surface area contributed by atoms with E-state index >= 15 is 4.39 Å². The molecule has 2 bridgehead atoms. The summed E-state index contributed by atoms with van der Waals surface area (Å²) in [6.07, 6.45) is 0.733. The number of nitrogens with zero attached hydrogens (tertiary/aromatic N) is 7. The van der Waals surface area contributed by atoms with Crippen molar-refractivity contribution in [2.75, 3.05) is 31.3 Å². The van der Waals surface area contributed by atoms with Crippen LogP contribution >= 0.6 is 13.4 Å². The highest BCUT2D eigenvalue weighted by Crippen LogP contribution is 2.57. The first-order valence-electron chi connectivity index (χ1n) is 13.3. The third-order valence-electron chi connectivity index (χ3n) is 7.76. The van der Waals surface area contributed by atoms with Gasteiger partial charge in [0.2, 0.25) is 11.7 Å². The molecule has 8 N–H and O–H groups in total. The molecule has 250 valence electrons. The summed E-state index contributed by atoms with van der Waals surface area (Å²) < 4.78 is 53.1. The van der Waals surface area contributed by atoms with Crippen LogP contribution in [0.2, 0.25) is 0 Å². The van der Waals surface area contributed by atoms with Crippen LogP contribution in [0.1, 0.15) is 6.23 Å². The van der Waals surface area contributed by atoms with Gasteiger partial charge in [0.25, 0.3) is 5.56 Å². The second-order valence-electron chi connectivity index (χ2n) is 10.6. The van der Waals surface area contributed by atoms with E-state index in [2.05, 4.69) is 35.8 Å². The fourth-order valence-electron chi connectivity index (χ4n) is 5.56. The first-order valence-corrected chi connectivity index (χ1v) is 18.5. The van der Waals surface area contributed by atoms with Crippen LogP contribution in [-0.4, -0.2) is 104 Å². The number of alkyl halides is 1. The maximum atomic E-state index is 16.5. The van der Waals surface area contributed by atoms with Crippen molar-refractivity contribution in [2.45, 2.75) is 42.0 Å². The number of aromatic amines is 1. The van der Waals surface area contributed by atoms with Gasteiger partial charge in [-0.2, -0.15) is 4.98 Å². The molecule has 0 amide bonds. The lowest BCUT2D eigenvalue weighted by molar-refractivity contribution is -0.0977. The largest absolute Gasteiger partial charge is 0.385 e. The fourth-order valence-corrected chi connectivity index (χ4v) is 8.59. The third kappa shape index (κ3) is 5.26. The molecule has 25 heteroatoms. The molecule has 3 saturated heterocycles. The quantitative estimate of drug-likeness (QED) is 0.103. The number of aromatic nitrogens is 8. The van der Waals surface area contributed by atoms with E-state index in [-0.39, 0.29) is 34.1 Å². The molecule has 0 saturated carbocycles. The Labute approximate surface area is 271 Å². The summed E-state index contributed by atoms with van der Waals surface area (Å²) in [4.78, 5) is 57.4. The van der Waals surface area contributed by atoms with E-state index in [0.717, 1.165) is 17.2 Å². The SMILES string of the molecule is C#C[C@@]12COP(O)(=S)O[C@@]3(n4cnc5c(=O)[nH]c(N)nc54)CO[C@H](COP(O)(=S)O[C@H]1[C@@H](O)[C@H](n1cnc4c(N)ncnc41)O2)[C@@H]3F. The molecule has 0 radical (unpaired) electrons. The maximum Gasteiger partial charge on any atom is 0.327 e. The van der Waals surface area contributed by atoms with Gasteiger partial charge in [0.05, 0.1) is 32.5 Å². The molecule has 7 heterocycles. The Kier molecular flexibility index (Phi) is 7.77. The van der Waals surface area contributed by atoms with Crippen LogP contribution in [0.4, 0.5) is 16.2 Å². The average Bonchev–Trinajstić information content (AvgIpc) is 3.76. The molecule has 4 aromatic rings. The van der Waals surface area contributed by atoms with Crippen molar-refractivity contribution in [1.82, 2.24) is 39.0 Å². The smallest absolute Gasteiger partial charge is 0.327 e. The van der Waals surface area contributed by atoms with Gasteiger partial charge in [-0.15, -0.1) is 6.42 Å². The molecule has 3 aliphatic heterocycles. The van der Waals surface area contributed by atoms with Crippen LogP contribution in [0.15, 0.2) is 23.8 Å². The minimum Gasteiger partial charge on any atom is -0.385 e. The lowest BCUT2D eigenvalue weighted by Gasteiger charge is -2.35. The van der Waals surface area contributed by atoms with Gasteiger partial charge < -0.3 is 44.9 Å². The van der Waals surface area contributed by atoms with Gasteiger partial charge in [0.15, 0.2) is 40.6 Å². The van der Waals surface area contributed by atoms with Crippen molar-refractivity contribution >= 4 is 71.1 Å². The number of aliphatic hydroxyl groups is 1. The van der Waals surface area contributed by atoms with Gasteiger partial charge in [-0.25, -0.2) is 24.3 Å². The lowest BCUT2D eigenvalue weighted by atomic mass is 9.97. The van der Waals surface area contributed by atoms with E-state index in [1.165, 1.54) is 10.9 Å². The predicted molar refractivity (Wildman–Crippen MR) is 163 cm³/mol. The number of ether oxygens (including phenoxy) is 2. The van der Waals surface area contributed by atoms with E-state index in [4.69, 9.17) is 69.1 Å². The maximum absolute atomic E-state index is 16.5. The van der Waals surface area contributed by atoms with Crippen molar-refractivity contribution < 1.29 is 46.9 Å². The molecule has 20 nitrogen and oxygen atoms in total.